The third-order valence-corrected chi connectivity index (χ3v) is 3.52. The molecule has 1 aliphatic heterocycles. The Hall–Kier alpha value is -1.53. The van der Waals surface area contributed by atoms with Crippen molar-refractivity contribution >= 4 is 0 Å². The van der Waals surface area contributed by atoms with E-state index >= 15 is 0 Å². The summed E-state index contributed by atoms with van der Waals surface area (Å²) >= 11 is 0. The van der Waals surface area contributed by atoms with Crippen LogP contribution in [0, 0.1) is 11.3 Å². The lowest BCUT2D eigenvalue weighted by atomic mass is 10.1. The molecule has 0 N–H and O–H groups in total. The van der Waals surface area contributed by atoms with Gasteiger partial charge in [-0.25, -0.2) is 0 Å². The molecule has 0 bridgehead atoms. The molecule has 18 heavy (non-hydrogen) atoms. The molecule has 0 aromatic heterocycles. The van der Waals surface area contributed by atoms with Crippen LogP contribution >= 0.6 is 0 Å². The highest BCUT2D eigenvalue weighted by molar-refractivity contribution is 5.33. The van der Waals surface area contributed by atoms with Crippen LogP contribution in [0.5, 0.6) is 0 Å². The Balaban J connectivity index is 2.01. The SMILES string of the molecule is CC1=CC=C(N2CCN(CC#N)CC2)C=C(C)C1. The molecule has 96 valence electrons. The lowest BCUT2D eigenvalue weighted by Crippen LogP contribution is -2.45. The average molecular weight is 243 g/mol. The van der Waals surface area contributed by atoms with E-state index in [4.69, 9.17) is 5.26 Å². The van der Waals surface area contributed by atoms with E-state index in [1.807, 2.05) is 0 Å². The van der Waals surface area contributed by atoms with Gasteiger partial charge in [0, 0.05) is 31.9 Å². The van der Waals surface area contributed by atoms with Crippen LogP contribution < -0.4 is 0 Å². The van der Waals surface area contributed by atoms with Crippen molar-refractivity contribution in [1.29, 1.82) is 5.26 Å². The minimum atomic E-state index is 0.556. The zero-order chi connectivity index (χ0) is 13.0. The fourth-order valence-electron chi connectivity index (χ4n) is 2.54. The number of nitrogens with zero attached hydrogens (tertiary/aromatic N) is 3. The van der Waals surface area contributed by atoms with Gasteiger partial charge in [0.25, 0.3) is 0 Å². The van der Waals surface area contributed by atoms with E-state index in [1.165, 1.54) is 16.8 Å². The molecule has 2 aliphatic rings. The molecule has 1 heterocycles. The predicted molar refractivity (Wildman–Crippen MR) is 73.8 cm³/mol. The molecule has 0 aromatic carbocycles. The number of piperazine rings is 1. The molecular formula is C15H21N3. The molecule has 0 atom stereocenters. The smallest absolute Gasteiger partial charge is 0.0867 e. The Labute approximate surface area is 110 Å². The molecule has 0 unspecified atom stereocenters. The van der Waals surface area contributed by atoms with Crippen molar-refractivity contribution in [2.75, 3.05) is 32.7 Å². The van der Waals surface area contributed by atoms with E-state index in [9.17, 15) is 0 Å². The summed E-state index contributed by atoms with van der Waals surface area (Å²) in [7, 11) is 0. The zero-order valence-electron chi connectivity index (χ0n) is 11.3. The second kappa shape index (κ2) is 5.88. The maximum atomic E-state index is 8.70. The van der Waals surface area contributed by atoms with Gasteiger partial charge in [0.15, 0.2) is 0 Å². The Morgan fingerprint density at radius 3 is 2.50 bits per heavy atom. The number of rotatable bonds is 2. The maximum Gasteiger partial charge on any atom is 0.0867 e. The average Bonchev–Trinajstić information content (AvgIpc) is 2.52. The van der Waals surface area contributed by atoms with Crippen molar-refractivity contribution in [3.63, 3.8) is 0 Å². The standard InChI is InChI=1S/C15H21N3/c1-13-3-4-15(12-14(2)11-13)18-9-7-17(6-5-16)8-10-18/h3-4,12H,6-11H2,1-2H3. The highest BCUT2D eigenvalue weighted by Crippen LogP contribution is 2.20. The van der Waals surface area contributed by atoms with Crippen molar-refractivity contribution in [2.24, 2.45) is 0 Å². The van der Waals surface area contributed by atoms with Gasteiger partial charge < -0.3 is 4.90 Å². The lowest BCUT2D eigenvalue weighted by molar-refractivity contribution is 0.176. The quantitative estimate of drug-likeness (QED) is 0.697. The fourth-order valence-corrected chi connectivity index (χ4v) is 2.54. The molecule has 0 spiro atoms. The normalized spacial score (nSPS) is 21.6. The van der Waals surface area contributed by atoms with E-state index in [0.717, 1.165) is 32.6 Å². The van der Waals surface area contributed by atoms with Crippen molar-refractivity contribution in [1.82, 2.24) is 9.80 Å². The molecule has 1 aliphatic carbocycles. The van der Waals surface area contributed by atoms with Crippen LogP contribution in [0.2, 0.25) is 0 Å². The topological polar surface area (TPSA) is 30.3 Å². The summed E-state index contributed by atoms with van der Waals surface area (Å²) in [4.78, 5) is 4.64. The summed E-state index contributed by atoms with van der Waals surface area (Å²) in [6, 6.07) is 2.23. The molecule has 2 rings (SSSR count). The van der Waals surface area contributed by atoms with E-state index in [0.29, 0.717) is 6.54 Å². The van der Waals surface area contributed by atoms with Crippen molar-refractivity contribution in [2.45, 2.75) is 20.3 Å². The predicted octanol–water partition coefficient (Wildman–Crippen LogP) is 2.31. The first kappa shape index (κ1) is 12.9. The molecule has 0 amide bonds. The van der Waals surface area contributed by atoms with Crippen molar-refractivity contribution in [3.05, 3.63) is 35.1 Å². The Kier molecular flexibility index (Phi) is 4.22. The van der Waals surface area contributed by atoms with Gasteiger partial charge in [-0.3, -0.25) is 4.90 Å². The Morgan fingerprint density at radius 1 is 1.11 bits per heavy atom. The highest BCUT2D eigenvalue weighted by Gasteiger charge is 2.17. The molecule has 0 aromatic rings. The largest absolute Gasteiger partial charge is 0.369 e. The Bertz CT molecular complexity index is 429. The molecular weight excluding hydrogens is 222 g/mol. The fraction of sp³-hybridized carbons (Fsp3) is 0.533. The van der Waals surface area contributed by atoms with Crippen LogP contribution in [0.3, 0.4) is 0 Å². The van der Waals surface area contributed by atoms with Gasteiger partial charge in [-0.2, -0.15) is 5.26 Å². The minimum Gasteiger partial charge on any atom is -0.369 e. The van der Waals surface area contributed by atoms with Gasteiger partial charge in [0.1, 0.15) is 0 Å². The first-order valence-corrected chi connectivity index (χ1v) is 6.58. The summed E-state index contributed by atoms with van der Waals surface area (Å²) in [5.41, 5.74) is 4.16. The van der Waals surface area contributed by atoms with Gasteiger partial charge in [-0.15, -0.1) is 0 Å². The van der Waals surface area contributed by atoms with Crippen LogP contribution in [0.1, 0.15) is 20.3 Å². The summed E-state index contributed by atoms with van der Waals surface area (Å²) in [5, 5.41) is 8.70. The van der Waals surface area contributed by atoms with E-state index in [2.05, 4.69) is 47.9 Å². The zero-order valence-corrected chi connectivity index (χ0v) is 11.3. The highest BCUT2D eigenvalue weighted by atomic mass is 15.3. The van der Waals surface area contributed by atoms with Crippen LogP contribution in [-0.2, 0) is 0 Å². The summed E-state index contributed by atoms with van der Waals surface area (Å²) in [6.07, 6.45) is 7.83. The molecule has 3 nitrogen and oxygen atoms in total. The van der Waals surface area contributed by atoms with Crippen LogP contribution in [0.25, 0.3) is 0 Å². The van der Waals surface area contributed by atoms with Crippen molar-refractivity contribution < 1.29 is 0 Å². The van der Waals surface area contributed by atoms with Crippen molar-refractivity contribution in [3.8, 4) is 6.07 Å². The van der Waals surface area contributed by atoms with E-state index < -0.39 is 0 Å². The summed E-state index contributed by atoms with van der Waals surface area (Å²) in [6.45, 7) is 8.94. The van der Waals surface area contributed by atoms with Crippen LogP contribution in [-0.4, -0.2) is 42.5 Å². The molecule has 0 saturated carbocycles. The van der Waals surface area contributed by atoms with Crippen LogP contribution in [0.4, 0.5) is 0 Å². The first-order valence-electron chi connectivity index (χ1n) is 6.58. The van der Waals surface area contributed by atoms with Crippen LogP contribution in [0.15, 0.2) is 35.1 Å². The third kappa shape index (κ3) is 3.24. The third-order valence-electron chi connectivity index (χ3n) is 3.52. The maximum absolute atomic E-state index is 8.70. The van der Waals surface area contributed by atoms with Gasteiger partial charge in [0.05, 0.1) is 12.6 Å². The monoisotopic (exact) mass is 243 g/mol. The second-order valence-electron chi connectivity index (χ2n) is 5.19. The number of nitriles is 1. The molecule has 1 saturated heterocycles. The summed E-state index contributed by atoms with van der Waals surface area (Å²) < 4.78 is 0. The number of hydrogen-bond acceptors (Lipinski definition) is 3. The van der Waals surface area contributed by atoms with E-state index in [1.54, 1.807) is 0 Å². The van der Waals surface area contributed by atoms with E-state index in [-0.39, 0.29) is 0 Å². The molecule has 1 fully saturated rings. The van der Waals surface area contributed by atoms with Gasteiger partial charge >= 0.3 is 0 Å². The second-order valence-corrected chi connectivity index (χ2v) is 5.19. The number of allylic oxidation sites excluding steroid dienone is 5. The molecule has 3 heteroatoms. The first-order chi connectivity index (χ1) is 8.69. The van der Waals surface area contributed by atoms with Gasteiger partial charge in [0.2, 0.25) is 0 Å². The summed E-state index contributed by atoms with van der Waals surface area (Å²) in [5.74, 6) is 0. The minimum absolute atomic E-state index is 0.556. The number of hydrogen-bond donors (Lipinski definition) is 0. The van der Waals surface area contributed by atoms with Gasteiger partial charge in [-0.1, -0.05) is 17.2 Å². The lowest BCUT2D eigenvalue weighted by Gasteiger charge is -2.35. The molecule has 0 radical (unpaired) electrons. The van der Waals surface area contributed by atoms with Gasteiger partial charge in [-0.05, 0) is 32.4 Å². The Morgan fingerprint density at radius 2 is 1.83 bits per heavy atom.